The maximum Gasteiger partial charge on any atom is 0.330 e. The zero-order chi connectivity index (χ0) is 34.2. The Kier molecular flexibility index (Phi) is 8.94. The Morgan fingerprint density at radius 3 is 1.31 bits per heavy atom. The molecule has 48 heavy (non-hydrogen) atoms. The van der Waals surface area contributed by atoms with Crippen LogP contribution >= 0.6 is 11.8 Å². The van der Waals surface area contributed by atoms with Gasteiger partial charge in [0, 0.05) is 35.7 Å². The number of thioether (sulfide) groups is 1. The molecule has 244 valence electrons. The third-order valence-electron chi connectivity index (χ3n) is 9.48. The van der Waals surface area contributed by atoms with Crippen LogP contribution in [0.5, 0.6) is 11.5 Å². The fourth-order valence-corrected chi connectivity index (χ4v) is 8.98. The predicted octanol–water partition coefficient (Wildman–Crippen LogP) is 7.17. The Hall–Kier alpha value is -5.22. The monoisotopic (exact) mass is 660 g/mol. The van der Waals surface area contributed by atoms with Crippen LogP contribution in [0.15, 0.2) is 109 Å². The van der Waals surface area contributed by atoms with Crippen molar-refractivity contribution in [2.45, 2.75) is 10.5 Å². The van der Waals surface area contributed by atoms with Crippen LogP contribution in [-0.2, 0) is 0 Å². The average Bonchev–Trinajstić information content (AvgIpc) is 3.15. The molecule has 9 nitrogen and oxygen atoms in total. The molecule has 0 saturated carbocycles. The third-order valence-corrected chi connectivity index (χ3v) is 11.2. The number of amidine groups is 2. The first-order chi connectivity index (χ1) is 23.1. The minimum Gasteiger partial charge on any atom is -0.497 e. The molecule has 0 bridgehead atoms. The highest BCUT2D eigenvalue weighted by Crippen LogP contribution is 2.66. The van der Waals surface area contributed by atoms with Crippen LogP contribution in [0.25, 0.3) is 0 Å². The Morgan fingerprint density at radius 2 is 0.979 bits per heavy atom. The number of methoxy groups -OCH3 is 2. The van der Waals surface area contributed by atoms with Gasteiger partial charge in [0.15, 0.2) is 11.6 Å². The average molecular weight is 661 g/mol. The molecule has 2 fully saturated rings. The number of amides is 2. The summed E-state index contributed by atoms with van der Waals surface area (Å²) in [5, 5.41) is 18.3. The SMILES string of the molecule is COc1ccc(C2SC(c3ccc(OC)cc3)C(C(=O)c3ccccc3)C3(C(=N)N(C)C(=O)N(C)C3=N)C2C(=O)c2ccccc2)cc1. The molecule has 4 aromatic carbocycles. The van der Waals surface area contributed by atoms with Crippen LogP contribution in [0.1, 0.15) is 42.3 Å². The summed E-state index contributed by atoms with van der Waals surface area (Å²) in [7, 11) is 6.09. The van der Waals surface area contributed by atoms with Crippen LogP contribution in [0.4, 0.5) is 4.79 Å². The Labute approximate surface area is 283 Å². The van der Waals surface area contributed by atoms with Crippen LogP contribution in [-0.4, -0.2) is 67.4 Å². The second-order valence-corrected chi connectivity index (χ2v) is 13.2. The minimum atomic E-state index is -1.86. The van der Waals surface area contributed by atoms with Gasteiger partial charge in [-0.3, -0.25) is 30.2 Å². The highest BCUT2D eigenvalue weighted by Gasteiger charge is 2.69. The van der Waals surface area contributed by atoms with Crippen molar-refractivity contribution in [1.29, 1.82) is 10.8 Å². The van der Waals surface area contributed by atoms with Crippen molar-refractivity contribution < 1.29 is 23.9 Å². The number of urea groups is 1. The van der Waals surface area contributed by atoms with E-state index in [2.05, 4.69) is 0 Å². The molecule has 2 heterocycles. The van der Waals surface area contributed by atoms with Gasteiger partial charge in [-0.05, 0) is 35.4 Å². The number of nitrogens with one attached hydrogen (secondary N) is 2. The normalized spacial score (nSPS) is 24.0. The maximum atomic E-state index is 15.1. The zero-order valence-corrected chi connectivity index (χ0v) is 27.9. The lowest BCUT2D eigenvalue weighted by atomic mass is 9.56. The van der Waals surface area contributed by atoms with E-state index in [1.165, 1.54) is 35.7 Å². The van der Waals surface area contributed by atoms with Crippen LogP contribution < -0.4 is 9.47 Å². The number of nitrogens with zero attached hydrogens (tertiary/aromatic N) is 2. The molecular weight excluding hydrogens is 625 g/mol. The zero-order valence-electron chi connectivity index (χ0n) is 27.0. The van der Waals surface area contributed by atoms with Crippen molar-refractivity contribution in [3.8, 4) is 11.5 Å². The van der Waals surface area contributed by atoms with Gasteiger partial charge in [-0.2, -0.15) is 0 Å². The molecule has 4 unspecified atom stereocenters. The number of rotatable bonds is 8. The molecule has 2 N–H and O–H groups in total. The maximum absolute atomic E-state index is 15.1. The van der Waals surface area contributed by atoms with Gasteiger partial charge >= 0.3 is 6.03 Å². The van der Waals surface area contributed by atoms with Crippen molar-refractivity contribution in [3.05, 3.63) is 131 Å². The van der Waals surface area contributed by atoms with Gasteiger partial charge in [-0.15, -0.1) is 11.8 Å². The first kappa shape index (κ1) is 32.7. The summed E-state index contributed by atoms with van der Waals surface area (Å²) in [6, 6.07) is 31.8. The molecule has 10 heteroatoms. The third kappa shape index (κ3) is 5.26. The van der Waals surface area contributed by atoms with Crippen molar-refractivity contribution in [3.63, 3.8) is 0 Å². The molecule has 2 aliphatic heterocycles. The largest absolute Gasteiger partial charge is 0.497 e. The molecular formula is C38H36N4O5S. The summed E-state index contributed by atoms with van der Waals surface area (Å²) in [6.45, 7) is 0. The molecule has 6 rings (SSSR count). The molecule has 2 saturated heterocycles. The molecule has 1 spiro atoms. The van der Waals surface area contributed by atoms with Crippen molar-refractivity contribution in [2.24, 2.45) is 17.3 Å². The quantitative estimate of drug-likeness (QED) is 0.193. The van der Waals surface area contributed by atoms with Gasteiger partial charge in [0.2, 0.25) is 0 Å². The standard InChI is InChI=1S/C38H36N4O5S/c1-41-35(39)38(36(40)42(2)37(41)45)29(31(43)23-11-7-5-8-12-23)33(25-15-19-27(46-3)20-16-25)48-34(26-17-21-28(47-4)22-18-26)30(38)32(44)24-13-9-6-10-14-24/h5-22,29-30,33-34,39-40H,1-4H3. The Morgan fingerprint density at radius 1 is 0.625 bits per heavy atom. The van der Waals surface area contributed by atoms with E-state index < -0.39 is 33.8 Å². The number of Topliss-reactive ketones (excluding diaryl/α,β-unsaturated/α-hetero) is 2. The van der Waals surface area contributed by atoms with E-state index in [0.717, 1.165) is 11.1 Å². The first-order valence-corrected chi connectivity index (χ1v) is 16.4. The van der Waals surface area contributed by atoms with E-state index in [-0.39, 0.29) is 23.2 Å². The summed E-state index contributed by atoms with van der Waals surface area (Å²) < 4.78 is 10.9. The molecule has 2 aliphatic rings. The van der Waals surface area contributed by atoms with Crippen molar-refractivity contribution >= 4 is 41.0 Å². The number of carbonyl (C=O) groups excluding carboxylic acids is 3. The highest BCUT2D eigenvalue weighted by molar-refractivity contribution is 7.99. The second-order valence-electron chi connectivity index (χ2n) is 11.9. The van der Waals surface area contributed by atoms with Crippen LogP contribution in [0, 0.1) is 28.1 Å². The fraction of sp³-hybridized carbons (Fsp3) is 0.237. The van der Waals surface area contributed by atoms with E-state index in [1.54, 1.807) is 62.8 Å². The number of benzene rings is 4. The summed E-state index contributed by atoms with van der Waals surface area (Å²) in [6.07, 6.45) is 0. The van der Waals surface area contributed by atoms with E-state index in [0.29, 0.717) is 22.6 Å². The highest BCUT2D eigenvalue weighted by atomic mass is 32.2. The second kappa shape index (κ2) is 13.1. The molecule has 4 aromatic rings. The number of ketones is 2. The van der Waals surface area contributed by atoms with E-state index in [9.17, 15) is 15.6 Å². The van der Waals surface area contributed by atoms with E-state index in [1.807, 2.05) is 60.7 Å². The van der Waals surface area contributed by atoms with Gasteiger partial charge in [-0.25, -0.2) is 4.79 Å². The van der Waals surface area contributed by atoms with E-state index in [4.69, 9.17) is 9.47 Å². The van der Waals surface area contributed by atoms with Gasteiger partial charge in [-0.1, -0.05) is 84.9 Å². The summed E-state index contributed by atoms with van der Waals surface area (Å²) in [5.74, 6) is -2.19. The summed E-state index contributed by atoms with van der Waals surface area (Å²) in [5.41, 5.74) is 0.440. The number of hydrogen-bond acceptors (Lipinski definition) is 8. The van der Waals surface area contributed by atoms with Gasteiger partial charge in [0.25, 0.3) is 0 Å². The van der Waals surface area contributed by atoms with Crippen molar-refractivity contribution in [2.75, 3.05) is 28.3 Å². The van der Waals surface area contributed by atoms with Gasteiger partial charge in [0.1, 0.15) is 28.6 Å². The number of carbonyl (C=O) groups is 3. The molecule has 4 atom stereocenters. The smallest absolute Gasteiger partial charge is 0.330 e. The first-order valence-electron chi connectivity index (χ1n) is 15.5. The van der Waals surface area contributed by atoms with Gasteiger partial charge < -0.3 is 9.47 Å². The topological polar surface area (TPSA) is 124 Å². The minimum absolute atomic E-state index is 0.267. The van der Waals surface area contributed by atoms with Crippen LogP contribution in [0.2, 0.25) is 0 Å². The van der Waals surface area contributed by atoms with Gasteiger partial charge in [0.05, 0.1) is 26.1 Å². The molecule has 0 aromatic heterocycles. The van der Waals surface area contributed by atoms with Crippen LogP contribution in [0.3, 0.4) is 0 Å². The summed E-state index contributed by atoms with van der Waals surface area (Å²) >= 11 is 1.46. The fourth-order valence-electron chi connectivity index (χ4n) is 7.04. The van der Waals surface area contributed by atoms with Crippen molar-refractivity contribution in [1.82, 2.24) is 9.80 Å². The lowest BCUT2D eigenvalue weighted by Gasteiger charge is -2.58. The Bertz CT molecular complexity index is 1730. The lowest BCUT2D eigenvalue weighted by molar-refractivity contribution is 0.0671. The number of hydrogen-bond donors (Lipinski definition) is 2. The number of ether oxygens (including phenoxy) is 2. The van der Waals surface area contributed by atoms with E-state index >= 15 is 9.59 Å². The molecule has 0 radical (unpaired) electrons. The Balaban J connectivity index is 1.71. The summed E-state index contributed by atoms with van der Waals surface area (Å²) in [4.78, 5) is 46.0. The predicted molar refractivity (Wildman–Crippen MR) is 186 cm³/mol. The molecule has 2 amide bonds. The molecule has 0 aliphatic carbocycles. The lowest BCUT2D eigenvalue weighted by Crippen LogP contribution is -2.71.